The van der Waals surface area contributed by atoms with Crippen LogP contribution >= 0.6 is 0 Å². The number of rotatable bonds is 6. The summed E-state index contributed by atoms with van der Waals surface area (Å²) in [7, 11) is 0. The molecule has 0 amide bonds. The maximum atomic E-state index is 10.7. The monoisotopic (exact) mass is 257 g/mol. The molecule has 0 saturated carbocycles. The fourth-order valence-electron chi connectivity index (χ4n) is 2.60. The lowest BCUT2D eigenvalue weighted by molar-refractivity contribution is -0.149. The molecule has 0 aliphatic carbocycles. The Morgan fingerprint density at radius 1 is 1.22 bits per heavy atom. The van der Waals surface area contributed by atoms with E-state index in [-0.39, 0.29) is 6.10 Å². The fraction of sp³-hybridized carbons (Fsp3) is 0.923. The Bertz CT molecular complexity index is 266. The minimum atomic E-state index is -0.840. The highest BCUT2D eigenvalue weighted by Crippen LogP contribution is 2.19. The average molecular weight is 257 g/mol. The Hall–Kier alpha value is -0.650. The molecule has 0 bridgehead atoms. The van der Waals surface area contributed by atoms with Crippen molar-refractivity contribution < 1.29 is 19.4 Å². The second kappa shape index (κ2) is 7.07. The minimum Gasteiger partial charge on any atom is -0.479 e. The number of hydrogen-bond donors (Lipinski definition) is 2. The summed E-state index contributed by atoms with van der Waals surface area (Å²) in [5, 5.41) is 12.1. The van der Waals surface area contributed by atoms with Crippen LogP contribution in [0.3, 0.4) is 0 Å². The van der Waals surface area contributed by atoms with Gasteiger partial charge in [0.2, 0.25) is 0 Å². The predicted molar refractivity (Wildman–Crippen MR) is 66.6 cm³/mol. The second-order valence-corrected chi connectivity index (χ2v) is 5.14. The van der Waals surface area contributed by atoms with Crippen LogP contribution < -0.4 is 5.32 Å². The zero-order valence-electron chi connectivity index (χ0n) is 10.8. The molecule has 5 nitrogen and oxygen atoms in total. The van der Waals surface area contributed by atoms with Gasteiger partial charge in [-0.1, -0.05) is 0 Å². The fourth-order valence-corrected chi connectivity index (χ4v) is 2.60. The van der Waals surface area contributed by atoms with Gasteiger partial charge in [-0.2, -0.15) is 0 Å². The first-order valence-corrected chi connectivity index (χ1v) is 6.96. The van der Waals surface area contributed by atoms with Crippen LogP contribution in [0.4, 0.5) is 0 Å². The third-order valence-electron chi connectivity index (χ3n) is 3.67. The lowest BCUT2D eigenvalue weighted by atomic mass is 10.1. The number of carboxylic acids is 1. The SMILES string of the molecule is O=C(O)C1CCC(CNCCC2CCCCO2)O1. The Kier molecular flexibility index (Phi) is 5.41. The van der Waals surface area contributed by atoms with Gasteiger partial charge in [0.25, 0.3) is 0 Å². The smallest absolute Gasteiger partial charge is 0.332 e. The summed E-state index contributed by atoms with van der Waals surface area (Å²) >= 11 is 0. The highest BCUT2D eigenvalue weighted by molar-refractivity contribution is 5.72. The van der Waals surface area contributed by atoms with E-state index in [2.05, 4.69) is 5.32 Å². The Morgan fingerprint density at radius 3 is 2.78 bits per heavy atom. The topological polar surface area (TPSA) is 67.8 Å². The molecule has 2 aliphatic rings. The van der Waals surface area contributed by atoms with Gasteiger partial charge in [-0.25, -0.2) is 4.79 Å². The molecule has 0 radical (unpaired) electrons. The van der Waals surface area contributed by atoms with Crippen LogP contribution in [0, 0.1) is 0 Å². The van der Waals surface area contributed by atoms with Crippen LogP contribution in [-0.4, -0.2) is 49.1 Å². The van der Waals surface area contributed by atoms with Crippen molar-refractivity contribution in [3.05, 3.63) is 0 Å². The third-order valence-corrected chi connectivity index (χ3v) is 3.67. The van der Waals surface area contributed by atoms with Gasteiger partial charge >= 0.3 is 5.97 Å². The van der Waals surface area contributed by atoms with Crippen LogP contribution in [0.2, 0.25) is 0 Å². The maximum absolute atomic E-state index is 10.7. The van der Waals surface area contributed by atoms with Crippen LogP contribution in [0.1, 0.15) is 38.5 Å². The molecule has 0 aromatic rings. The average Bonchev–Trinajstić information content (AvgIpc) is 2.85. The van der Waals surface area contributed by atoms with E-state index in [9.17, 15) is 4.79 Å². The zero-order valence-corrected chi connectivity index (χ0v) is 10.8. The third kappa shape index (κ3) is 4.23. The van der Waals surface area contributed by atoms with Crippen LogP contribution in [-0.2, 0) is 14.3 Å². The van der Waals surface area contributed by atoms with E-state index in [4.69, 9.17) is 14.6 Å². The minimum absolute atomic E-state index is 0.0541. The Labute approximate surface area is 108 Å². The summed E-state index contributed by atoms with van der Waals surface area (Å²) in [5.74, 6) is -0.840. The van der Waals surface area contributed by atoms with E-state index in [0.29, 0.717) is 12.5 Å². The summed E-state index contributed by atoms with van der Waals surface area (Å²) in [4.78, 5) is 10.7. The standard InChI is InChI=1S/C13H23NO4/c15-13(16)12-5-4-11(18-12)9-14-7-6-10-3-1-2-8-17-10/h10-12,14H,1-9H2,(H,15,16). The molecule has 18 heavy (non-hydrogen) atoms. The van der Waals surface area contributed by atoms with Gasteiger partial charge in [0, 0.05) is 13.2 Å². The predicted octanol–water partition coefficient (Wildman–Crippen LogP) is 1.17. The summed E-state index contributed by atoms with van der Waals surface area (Å²) < 4.78 is 11.1. The zero-order chi connectivity index (χ0) is 12.8. The molecule has 5 heteroatoms. The van der Waals surface area contributed by atoms with E-state index in [0.717, 1.165) is 32.5 Å². The van der Waals surface area contributed by atoms with Gasteiger partial charge in [0.05, 0.1) is 12.2 Å². The van der Waals surface area contributed by atoms with Crippen molar-refractivity contribution in [2.45, 2.75) is 56.8 Å². The molecule has 0 spiro atoms. The first-order valence-electron chi connectivity index (χ1n) is 6.96. The Morgan fingerprint density at radius 2 is 2.11 bits per heavy atom. The molecule has 2 rings (SSSR count). The summed E-state index contributed by atoms with van der Waals surface area (Å²) in [5.41, 5.74) is 0. The molecule has 2 fully saturated rings. The van der Waals surface area contributed by atoms with Gasteiger partial charge in [-0.05, 0) is 45.1 Å². The summed E-state index contributed by atoms with van der Waals surface area (Å²) in [6.07, 6.45) is 6.00. The van der Waals surface area contributed by atoms with Crippen molar-refractivity contribution in [3.8, 4) is 0 Å². The van der Waals surface area contributed by atoms with E-state index >= 15 is 0 Å². The lowest BCUT2D eigenvalue weighted by Gasteiger charge is -2.22. The van der Waals surface area contributed by atoms with Crippen LogP contribution in [0.15, 0.2) is 0 Å². The van der Waals surface area contributed by atoms with E-state index in [1.54, 1.807) is 0 Å². The number of nitrogens with one attached hydrogen (secondary N) is 1. The lowest BCUT2D eigenvalue weighted by Crippen LogP contribution is -2.31. The summed E-state index contributed by atoms with van der Waals surface area (Å²) in [6, 6.07) is 0. The van der Waals surface area contributed by atoms with Gasteiger partial charge in [0.1, 0.15) is 0 Å². The normalized spacial score (nSPS) is 32.6. The van der Waals surface area contributed by atoms with Crippen molar-refractivity contribution in [2.24, 2.45) is 0 Å². The van der Waals surface area contributed by atoms with Gasteiger partial charge in [0.15, 0.2) is 6.10 Å². The maximum Gasteiger partial charge on any atom is 0.332 e. The molecule has 3 unspecified atom stereocenters. The molecule has 2 N–H and O–H groups in total. The van der Waals surface area contributed by atoms with Gasteiger partial charge in [-0.3, -0.25) is 0 Å². The first-order chi connectivity index (χ1) is 8.75. The second-order valence-electron chi connectivity index (χ2n) is 5.14. The number of carbonyl (C=O) groups is 1. The molecule has 2 heterocycles. The molecular weight excluding hydrogens is 234 g/mol. The van der Waals surface area contributed by atoms with Crippen molar-refractivity contribution in [1.29, 1.82) is 0 Å². The van der Waals surface area contributed by atoms with Gasteiger partial charge in [-0.15, -0.1) is 0 Å². The highest BCUT2D eigenvalue weighted by Gasteiger charge is 2.29. The van der Waals surface area contributed by atoms with Crippen molar-refractivity contribution in [3.63, 3.8) is 0 Å². The molecule has 104 valence electrons. The molecule has 2 saturated heterocycles. The largest absolute Gasteiger partial charge is 0.479 e. The quantitative estimate of drug-likeness (QED) is 0.699. The Balaban J connectivity index is 1.52. The number of carboxylic acid groups (broad SMARTS) is 1. The van der Waals surface area contributed by atoms with Crippen molar-refractivity contribution in [1.82, 2.24) is 5.32 Å². The summed E-state index contributed by atoms with van der Waals surface area (Å²) in [6.45, 7) is 2.56. The van der Waals surface area contributed by atoms with Crippen molar-refractivity contribution in [2.75, 3.05) is 19.7 Å². The van der Waals surface area contributed by atoms with E-state index in [1.807, 2.05) is 0 Å². The number of hydrogen-bond acceptors (Lipinski definition) is 4. The van der Waals surface area contributed by atoms with Crippen LogP contribution in [0.25, 0.3) is 0 Å². The van der Waals surface area contributed by atoms with Crippen LogP contribution in [0.5, 0.6) is 0 Å². The van der Waals surface area contributed by atoms with Crippen molar-refractivity contribution >= 4 is 5.97 Å². The highest BCUT2D eigenvalue weighted by atomic mass is 16.5. The number of ether oxygens (including phenoxy) is 2. The molecular formula is C13H23NO4. The van der Waals surface area contributed by atoms with E-state index < -0.39 is 12.1 Å². The number of aliphatic carboxylic acids is 1. The first kappa shape index (κ1) is 13.8. The molecule has 3 atom stereocenters. The molecule has 0 aromatic carbocycles. The van der Waals surface area contributed by atoms with Gasteiger partial charge < -0.3 is 19.9 Å². The van der Waals surface area contributed by atoms with E-state index in [1.165, 1.54) is 19.3 Å². The molecule has 2 aliphatic heterocycles. The molecule has 0 aromatic heterocycles.